The molecule has 1 aromatic heterocycles. The van der Waals surface area contributed by atoms with E-state index in [4.69, 9.17) is 4.74 Å². The topological polar surface area (TPSA) is 69.0 Å². The van der Waals surface area contributed by atoms with Crippen LogP contribution in [0.25, 0.3) is 16.5 Å². The highest BCUT2D eigenvalue weighted by atomic mass is 32.2. The molecule has 0 aliphatic rings. The minimum Gasteiger partial charge on any atom is -0.485 e. The van der Waals surface area contributed by atoms with Gasteiger partial charge in [-0.25, -0.2) is 0 Å². The second-order valence-corrected chi connectivity index (χ2v) is 8.98. The molecule has 0 bridgehead atoms. The molecular formula is C28H24N4O2S. The molecule has 0 spiro atoms. The van der Waals surface area contributed by atoms with E-state index in [-0.39, 0.29) is 18.3 Å². The molecule has 5 aromatic rings. The molecule has 0 aliphatic carbocycles. The van der Waals surface area contributed by atoms with Gasteiger partial charge in [0.05, 0.1) is 5.75 Å². The van der Waals surface area contributed by atoms with Crippen LogP contribution in [0.1, 0.15) is 11.4 Å². The monoisotopic (exact) mass is 480 g/mol. The number of para-hydroxylation sites is 1. The van der Waals surface area contributed by atoms with Crippen molar-refractivity contribution < 1.29 is 9.53 Å². The number of thioether (sulfide) groups is 1. The van der Waals surface area contributed by atoms with Gasteiger partial charge in [-0.1, -0.05) is 78.5 Å². The van der Waals surface area contributed by atoms with Crippen LogP contribution in [-0.2, 0) is 11.4 Å². The standard InChI is InChI=1S/C28H24N4O2S/c1-20-9-7-12-22(17-20)29-27(33)19-35-28-31-30-26(32(28)23-13-3-2-4-14-23)18-34-25-16-8-11-21-10-5-6-15-24(21)25/h2-17H,18-19H2,1H3,(H,29,33). The van der Waals surface area contributed by atoms with Crippen LogP contribution >= 0.6 is 11.8 Å². The molecule has 0 saturated carbocycles. The van der Waals surface area contributed by atoms with Crippen molar-refractivity contribution in [3.63, 3.8) is 0 Å². The summed E-state index contributed by atoms with van der Waals surface area (Å²) in [5.74, 6) is 1.56. The molecule has 35 heavy (non-hydrogen) atoms. The molecule has 7 heteroatoms. The average molecular weight is 481 g/mol. The summed E-state index contributed by atoms with van der Waals surface area (Å²) in [5, 5.41) is 14.5. The number of benzene rings is 4. The van der Waals surface area contributed by atoms with Crippen molar-refractivity contribution in [1.82, 2.24) is 14.8 Å². The Balaban J connectivity index is 1.35. The molecule has 0 radical (unpaired) electrons. The quantitative estimate of drug-likeness (QED) is 0.274. The first-order valence-corrected chi connectivity index (χ1v) is 12.3. The van der Waals surface area contributed by atoms with Gasteiger partial charge in [0.25, 0.3) is 0 Å². The summed E-state index contributed by atoms with van der Waals surface area (Å²) >= 11 is 1.34. The minimum atomic E-state index is -0.100. The Morgan fingerprint density at radius 1 is 0.914 bits per heavy atom. The van der Waals surface area contributed by atoms with Crippen LogP contribution < -0.4 is 10.1 Å². The zero-order chi connectivity index (χ0) is 24.0. The maximum Gasteiger partial charge on any atom is 0.234 e. The number of ether oxygens (including phenoxy) is 1. The molecular weight excluding hydrogens is 456 g/mol. The first-order valence-electron chi connectivity index (χ1n) is 11.3. The maximum absolute atomic E-state index is 12.6. The minimum absolute atomic E-state index is 0.100. The molecule has 0 fully saturated rings. The summed E-state index contributed by atoms with van der Waals surface area (Å²) in [7, 11) is 0. The highest BCUT2D eigenvalue weighted by Crippen LogP contribution is 2.27. The van der Waals surface area contributed by atoms with Crippen molar-refractivity contribution in [2.45, 2.75) is 18.7 Å². The number of aromatic nitrogens is 3. The van der Waals surface area contributed by atoms with Gasteiger partial charge in [0.1, 0.15) is 12.4 Å². The van der Waals surface area contributed by atoms with Crippen LogP contribution in [0.15, 0.2) is 102 Å². The molecule has 1 N–H and O–H groups in total. The third kappa shape index (κ3) is 5.36. The fourth-order valence-electron chi connectivity index (χ4n) is 3.84. The van der Waals surface area contributed by atoms with Gasteiger partial charge in [0, 0.05) is 16.8 Å². The Morgan fingerprint density at radius 2 is 1.69 bits per heavy atom. The number of nitrogens with one attached hydrogen (secondary N) is 1. The molecule has 174 valence electrons. The molecule has 0 aliphatic heterocycles. The van der Waals surface area contributed by atoms with E-state index in [1.165, 1.54) is 11.8 Å². The second-order valence-electron chi connectivity index (χ2n) is 8.04. The maximum atomic E-state index is 12.6. The van der Waals surface area contributed by atoms with E-state index in [9.17, 15) is 4.79 Å². The van der Waals surface area contributed by atoms with Crippen LogP contribution in [0.3, 0.4) is 0 Å². The lowest BCUT2D eigenvalue weighted by atomic mass is 10.1. The van der Waals surface area contributed by atoms with Gasteiger partial charge in [-0.2, -0.15) is 0 Å². The number of aryl methyl sites for hydroxylation is 1. The van der Waals surface area contributed by atoms with Crippen molar-refractivity contribution in [3.8, 4) is 11.4 Å². The third-order valence-electron chi connectivity index (χ3n) is 5.46. The summed E-state index contributed by atoms with van der Waals surface area (Å²) in [6.07, 6.45) is 0. The molecule has 0 unspecified atom stereocenters. The van der Waals surface area contributed by atoms with Gasteiger partial charge >= 0.3 is 0 Å². The summed E-state index contributed by atoms with van der Waals surface area (Å²) < 4.78 is 8.12. The fraction of sp³-hybridized carbons (Fsp3) is 0.107. The Morgan fingerprint density at radius 3 is 2.54 bits per heavy atom. The predicted octanol–water partition coefficient (Wildman–Crippen LogP) is 6.04. The highest BCUT2D eigenvalue weighted by molar-refractivity contribution is 7.99. The molecule has 6 nitrogen and oxygen atoms in total. The zero-order valence-corrected chi connectivity index (χ0v) is 20.0. The first kappa shape index (κ1) is 22.7. The molecule has 5 rings (SSSR count). The molecule has 0 atom stereocenters. The van der Waals surface area contributed by atoms with Crippen LogP contribution in [0.5, 0.6) is 5.75 Å². The SMILES string of the molecule is Cc1cccc(NC(=O)CSc2nnc(COc3cccc4ccccc34)n2-c2ccccc2)c1. The number of carbonyl (C=O) groups is 1. The van der Waals surface area contributed by atoms with E-state index in [1.807, 2.05) is 96.4 Å². The Labute approximate surface area is 208 Å². The van der Waals surface area contributed by atoms with Gasteiger partial charge in [0.2, 0.25) is 5.91 Å². The van der Waals surface area contributed by atoms with E-state index < -0.39 is 0 Å². The summed E-state index contributed by atoms with van der Waals surface area (Å²) in [6.45, 7) is 2.24. The van der Waals surface area contributed by atoms with E-state index in [1.54, 1.807) is 0 Å². The first-order chi connectivity index (χ1) is 17.2. The average Bonchev–Trinajstić information content (AvgIpc) is 3.29. The van der Waals surface area contributed by atoms with Gasteiger partial charge in [-0.05, 0) is 48.2 Å². The third-order valence-corrected chi connectivity index (χ3v) is 6.38. The Hall–Kier alpha value is -4.10. The predicted molar refractivity (Wildman–Crippen MR) is 140 cm³/mol. The van der Waals surface area contributed by atoms with E-state index in [2.05, 4.69) is 27.6 Å². The van der Waals surface area contributed by atoms with Crippen LogP contribution in [0.2, 0.25) is 0 Å². The molecule has 1 amide bonds. The largest absolute Gasteiger partial charge is 0.485 e. The normalized spacial score (nSPS) is 10.9. The number of hydrogen-bond donors (Lipinski definition) is 1. The molecule has 1 heterocycles. The lowest BCUT2D eigenvalue weighted by Crippen LogP contribution is -2.15. The van der Waals surface area contributed by atoms with Crippen LogP contribution in [0, 0.1) is 6.92 Å². The van der Waals surface area contributed by atoms with Crippen molar-refractivity contribution in [2.24, 2.45) is 0 Å². The summed E-state index contributed by atoms with van der Waals surface area (Å²) in [4.78, 5) is 12.6. The molecule has 0 saturated heterocycles. The number of rotatable bonds is 8. The lowest BCUT2D eigenvalue weighted by molar-refractivity contribution is -0.113. The van der Waals surface area contributed by atoms with Gasteiger partial charge in [0.15, 0.2) is 11.0 Å². The van der Waals surface area contributed by atoms with E-state index >= 15 is 0 Å². The fourth-order valence-corrected chi connectivity index (χ4v) is 4.61. The van der Waals surface area contributed by atoms with Crippen molar-refractivity contribution in [3.05, 3.63) is 108 Å². The van der Waals surface area contributed by atoms with Crippen LogP contribution in [0.4, 0.5) is 5.69 Å². The van der Waals surface area contributed by atoms with Gasteiger partial charge in [-0.3, -0.25) is 9.36 Å². The summed E-state index contributed by atoms with van der Waals surface area (Å²) in [5.41, 5.74) is 2.79. The highest BCUT2D eigenvalue weighted by Gasteiger charge is 2.17. The summed E-state index contributed by atoms with van der Waals surface area (Å²) in [6, 6.07) is 31.7. The van der Waals surface area contributed by atoms with E-state index in [0.717, 1.165) is 33.5 Å². The molecule has 4 aromatic carbocycles. The Bertz CT molecular complexity index is 1460. The van der Waals surface area contributed by atoms with Crippen molar-refractivity contribution >= 4 is 34.1 Å². The smallest absolute Gasteiger partial charge is 0.234 e. The number of carbonyl (C=O) groups excluding carboxylic acids is 1. The van der Waals surface area contributed by atoms with Gasteiger partial charge < -0.3 is 10.1 Å². The number of hydrogen-bond acceptors (Lipinski definition) is 5. The number of nitrogens with zero attached hydrogens (tertiary/aromatic N) is 3. The van der Waals surface area contributed by atoms with Gasteiger partial charge in [-0.15, -0.1) is 10.2 Å². The van der Waals surface area contributed by atoms with Crippen LogP contribution in [-0.4, -0.2) is 26.4 Å². The van der Waals surface area contributed by atoms with Crippen molar-refractivity contribution in [1.29, 1.82) is 0 Å². The van der Waals surface area contributed by atoms with E-state index in [0.29, 0.717) is 11.0 Å². The second kappa shape index (κ2) is 10.4. The number of anilines is 1. The number of fused-ring (bicyclic) bond motifs is 1. The zero-order valence-electron chi connectivity index (χ0n) is 19.2. The lowest BCUT2D eigenvalue weighted by Gasteiger charge is -2.12. The van der Waals surface area contributed by atoms with Crippen molar-refractivity contribution in [2.75, 3.05) is 11.1 Å². The number of amides is 1. The Kier molecular flexibility index (Phi) is 6.77.